The van der Waals surface area contributed by atoms with Gasteiger partial charge in [0.2, 0.25) is 0 Å². The molecule has 0 radical (unpaired) electrons. The van der Waals surface area contributed by atoms with Gasteiger partial charge in [-0.1, -0.05) is 44.5 Å². The molecule has 2 N–H and O–H groups in total. The van der Waals surface area contributed by atoms with Crippen LogP contribution in [-0.4, -0.2) is 64.5 Å². The Labute approximate surface area is 207 Å². The van der Waals surface area contributed by atoms with Gasteiger partial charge in [0, 0.05) is 6.54 Å². The van der Waals surface area contributed by atoms with E-state index in [0.29, 0.717) is 30.9 Å². The Kier molecular flexibility index (Phi) is 8.93. The number of nitrogens with zero attached hydrogens (tertiary/aromatic N) is 2. The first-order valence-electron chi connectivity index (χ1n) is 12.4. The van der Waals surface area contributed by atoms with Crippen molar-refractivity contribution in [2.24, 2.45) is 0 Å². The zero-order valence-electron chi connectivity index (χ0n) is 21.1. The summed E-state index contributed by atoms with van der Waals surface area (Å²) in [6, 6.07) is 11.3. The maximum atomic E-state index is 13.2. The zero-order valence-corrected chi connectivity index (χ0v) is 21.1. The van der Waals surface area contributed by atoms with Gasteiger partial charge >= 0.3 is 0 Å². The lowest BCUT2D eigenvalue weighted by Gasteiger charge is -2.27. The van der Waals surface area contributed by atoms with E-state index in [1.807, 2.05) is 38.1 Å². The molecule has 1 aliphatic rings. The number of aliphatic hydroxyl groups excluding tert-OH is 1. The van der Waals surface area contributed by atoms with Gasteiger partial charge in [0.25, 0.3) is 11.7 Å². The molecule has 1 amide bonds. The highest BCUT2D eigenvalue weighted by Gasteiger charge is 2.46. The average molecular weight is 481 g/mol. The van der Waals surface area contributed by atoms with E-state index >= 15 is 0 Å². The molecule has 0 aliphatic carbocycles. The average Bonchev–Trinajstić information content (AvgIpc) is 3.11. The third kappa shape index (κ3) is 5.85. The Morgan fingerprint density at radius 3 is 2.51 bits per heavy atom. The number of Topliss-reactive ketones (excluding diaryl/α,β-unsaturated/α-hetero) is 1. The Morgan fingerprint density at radius 2 is 1.83 bits per heavy atom. The fraction of sp³-hybridized carbons (Fsp3) is 0.429. The summed E-state index contributed by atoms with van der Waals surface area (Å²) in [7, 11) is 0. The molecule has 0 saturated carbocycles. The smallest absolute Gasteiger partial charge is 0.295 e. The highest BCUT2D eigenvalue weighted by Crippen LogP contribution is 2.41. The maximum Gasteiger partial charge on any atom is 0.295 e. The first-order valence-corrected chi connectivity index (χ1v) is 12.4. The van der Waals surface area contributed by atoms with Crippen LogP contribution in [0.15, 0.2) is 48.0 Å². The molecule has 1 unspecified atom stereocenters. The molecule has 0 bridgehead atoms. The van der Waals surface area contributed by atoms with Crippen LogP contribution in [0.25, 0.3) is 5.76 Å². The highest BCUT2D eigenvalue weighted by atomic mass is 16.5. The van der Waals surface area contributed by atoms with E-state index in [1.165, 1.54) is 11.0 Å². The molecule has 7 heteroatoms. The van der Waals surface area contributed by atoms with Gasteiger partial charge in [0.15, 0.2) is 0 Å². The van der Waals surface area contributed by atoms with Crippen molar-refractivity contribution in [3.8, 4) is 11.5 Å². The summed E-state index contributed by atoms with van der Waals surface area (Å²) in [6.07, 6.45) is 1.54. The Balaban J connectivity index is 2.08. The van der Waals surface area contributed by atoms with Gasteiger partial charge in [0.1, 0.15) is 17.3 Å². The Bertz CT molecular complexity index is 1090. The molecule has 2 aromatic rings. The number of aromatic hydroxyl groups is 1. The minimum atomic E-state index is -0.781. The number of ketones is 1. The molecule has 3 rings (SSSR count). The number of phenolic OH excluding ortho intramolecular Hbond substituents is 1. The van der Waals surface area contributed by atoms with Crippen LogP contribution >= 0.6 is 0 Å². The summed E-state index contributed by atoms with van der Waals surface area (Å²) >= 11 is 0. The van der Waals surface area contributed by atoms with E-state index in [2.05, 4.69) is 18.7 Å². The molecule has 1 atom stereocenters. The van der Waals surface area contributed by atoms with Gasteiger partial charge in [-0.3, -0.25) is 9.59 Å². The van der Waals surface area contributed by atoms with E-state index < -0.39 is 17.7 Å². The van der Waals surface area contributed by atoms with Crippen molar-refractivity contribution in [2.75, 3.05) is 32.8 Å². The van der Waals surface area contributed by atoms with Crippen molar-refractivity contribution < 1.29 is 24.5 Å². The SMILES string of the molecule is CCCOc1cccc(C2C(=C(O)c3cc(C)ccc3O)C(=O)C(=O)N2CCCN(CC)CC)c1. The van der Waals surface area contributed by atoms with Crippen LogP contribution in [0, 0.1) is 6.92 Å². The van der Waals surface area contributed by atoms with Gasteiger partial charge in [0.05, 0.1) is 23.8 Å². The molecule has 2 aromatic carbocycles. The summed E-state index contributed by atoms with van der Waals surface area (Å²) < 4.78 is 5.79. The van der Waals surface area contributed by atoms with E-state index in [1.54, 1.807) is 12.1 Å². The molecule has 35 heavy (non-hydrogen) atoms. The maximum absolute atomic E-state index is 13.2. The fourth-order valence-electron chi connectivity index (χ4n) is 4.44. The summed E-state index contributed by atoms with van der Waals surface area (Å²) in [6.45, 7) is 11.5. The van der Waals surface area contributed by atoms with Crippen molar-refractivity contribution in [2.45, 2.75) is 46.6 Å². The number of aryl methyl sites for hydroxylation is 1. The molecule has 0 aromatic heterocycles. The van der Waals surface area contributed by atoms with Crippen LogP contribution < -0.4 is 4.74 Å². The monoisotopic (exact) mass is 480 g/mol. The number of carbonyl (C=O) groups excluding carboxylic acids is 2. The normalized spacial score (nSPS) is 17.4. The third-order valence-electron chi connectivity index (χ3n) is 6.36. The summed E-state index contributed by atoms with van der Waals surface area (Å²) in [5, 5.41) is 21.7. The van der Waals surface area contributed by atoms with Gasteiger partial charge in [-0.25, -0.2) is 0 Å². The Morgan fingerprint density at radius 1 is 1.09 bits per heavy atom. The number of amides is 1. The molecule has 188 valence electrons. The van der Waals surface area contributed by atoms with Crippen LogP contribution in [0.1, 0.15) is 56.3 Å². The third-order valence-corrected chi connectivity index (χ3v) is 6.36. The van der Waals surface area contributed by atoms with Crippen molar-refractivity contribution in [1.82, 2.24) is 9.80 Å². The standard InChI is InChI=1S/C28H36N2O5/c1-5-16-35-21-11-8-10-20(18-21)25-24(26(32)22-17-19(4)12-13-23(22)31)27(33)28(34)30(25)15-9-14-29(6-2)7-3/h8,10-13,17-18,25,31-32H,5-7,9,14-16H2,1-4H3. The van der Waals surface area contributed by atoms with Crippen LogP contribution in [0.3, 0.4) is 0 Å². The topological polar surface area (TPSA) is 90.3 Å². The van der Waals surface area contributed by atoms with Crippen molar-refractivity contribution in [1.29, 1.82) is 0 Å². The van der Waals surface area contributed by atoms with E-state index in [-0.39, 0.29) is 22.6 Å². The van der Waals surface area contributed by atoms with Crippen molar-refractivity contribution in [3.05, 3.63) is 64.7 Å². The molecule has 7 nitrogen and oxygen atoms in total. The molecule has 1 aliphatic heterocycles. The number of aliphatic hydroxyl groups is 1. The minimum Gasteiger partial charge on any atom is -0.507 e. The summed E-state index contributed by atoms with van der Waals surface area (Å²) in [4.78, 5) is 30.2. The number of hydrogen-bond donors (Lipinski definition) is 2. The predicted octanol–water partition coefficient (Wildman–Crippen LogP) is 4.64. The van der Waals surface area contributed by atoms with Crippen molar-refractivity contribution in [3.63, 3.8) is 0 Å². The van der Waals surface area contributed by atoms with Gasteiger partial charge < -0.3 is 24.7 Å². The fourth-order valence-corrected chi connectivity index (χ4v) is 4.44. The number of hydrogen-bond acceptors (Lipinski definition) is 6. The van der Waals surface area contributed by atoms with Crippen LogP contribution in [0.4, 0.5) is 0 Å². The first-order chi connectivity index (χ1) is 16.8. The lowest BCUT2D eigenvalue weighted by molar-refractivity contribution is -0.140. The first kappa shape index (κ1) is 26.3. The predicted molar refractivity (Wildman–Crippen MR) is 136 cm³/mol. The highest BCUT2D eigenvalue weighted by molar-refractivity contribution is 6.46. The zero-order chi connectivity index (χ0) is 25.5. The van der Waals surface area contributed by atoms with Gasteiger partial charge in [-0.15, -0.1) is 0 Å². The van der Waals surface area contributed by atoms with E-state index in [4.69, 9.17) is 4.74 Å². The number of ether oxygens (including phenoxy) is 1. The summed E-state index contributed by atoms with van der Waals surface area (Å²) in [5.41, 5.74) is 1.60. The lowest BCUT2D eigenvalue weighted by atomic mass is 9.94. The molecule has 0 spiro atoms. The van der Waals surface area contributed by atoms with Crippen LogP contribution in [-0.2, 0) is 9.59 Å². The number of benzene rings is 2. The number of carbonyl (C=O) groups is 2. The Hall–Kier alpha value is -3.32. The lowest BCUT2D eigenvalue weighted by Crippen LogP contribution is -2.33. The van der Waals surface area contributed by atoms with Crippen molar-refractivity contribution >= 4 is 17.4 Å². The largest absolute Gasteiger partial charge is 0.507 e. The van der Waals surface area contributed by atoms with Crippen LogP contribution in [0.5, 0.6) is 11.5 Å². The quantitative estimate of drug-likeness (QED) is 0.277. The second-order valence-electron chi connectivity index (χ2n) is 8.81. The minimum absolute atomic E-state index is 0.0219. The number of likely N-dealkylation sites (tertiary alicyclic amines) is 1. The second-order valence-corrected chi connectivity index (χ2v) is 8.81. The van der Waals surface area contributed by atoms with E-state index in [0.717, 1.165) is 31.6 Å². The number of rotatable bonds is 11. The van der Waals surface area contributed by atoms with Gasteiger partial charge in [-0.2, -0.15) is 0 Å². The second kappa shape index (κ2) is 11.9. The van der Waals surface area contributed by atoms with Gasteiger partial charge in [-0.05, 0) is 69.2 Å². The molecule has 1 fully saturated rings. The molecular weight excluding hydrogens is 444 g/mol. The van der Waals surface area contributed by atoms with E-state index in [9.17, 15) is 19.8 Å². The number of phenols is 1. The summed E-state index contributed by atoms with van der Waals surface area (Å²) in [5.74, 6) is -1.30. The molecular formula is C28H36N2O5. The molecule has 1 heterocycles. The van der Waals surface area contributed by atoms with Crippen LogP contribution in [0.2, 0.25) is 0 Å². The molecule has 1 saturated heterocycles.